The van der Waals surface area contributed by atoms with Gasteiger partial charge in [0, 0.05) is 26.8 Å². The van der Waals surface area contributed by atoms with Crippen molar-refractivity contribution in [1.82, 2.24) is 10.4 Å². The van der Waals surface area contributed by atoms with Gasteiger partial charge in [-0.05, 0) is 26.2 Å². The van der Waals surface area contributed by atoms with Gasteiger partial charge in [-0.25, -0.2) is 10.4 Å². The van der Waals surface area contributed by atoms with E-state index in [1.807, 2.05) is 6.92 Å². The first-order valence-corrected chi connectivity index (χ1v) is 6.50. The zero-order valence-corrected chi connectivity index (χ0v) is 10.4. The predicted octanol–water partition coefficient (Wildman–Crippen LogP) is 1.17. The van der Waals surface area contributed by atoms with E-state index < -0.39 is 0 Å². The SMILES string of the molecule is CCOC1CC(NN2CCCCC2)C1OC. The normalized spacial score (nSPS) is 36.0. The number of methoxy groups -OCH3 is 1. The van der Waals surface area contributed by atoms with Gasteiger partial charge >= 0.3 is 0 Å². The third-order valence-corrected chi connectivity index (χ3v) is 3.61. The van der Waals surface area contributed by atoms with E-state index in [1.54, 1.807) is 7.11 Å². The second kappa shape index (κ2) is 5.96. The van der Waals surface area contributed by atoms with Crippen LogP contribution in [0.1, 0.15) is 32.6 Å². The molecule has 2 fully saturated rings. The van der Waals surface area contributed by atoms with Crippen molar-refractivity contribution in [2.24, 2.45) is 0 Å². The van der Waals surface area contributed by atoms with E-state index in [4.69, 9.17) is 9.47 Å². The molecule has 1 heterocycles. The maximum Gasteiger partial charge on any atom is 0.100 e. The fourth-order valence-electron chi connectivity index (χ4n) is 2.66. The van der Waals surface area contributed by atoms with Gasteiger partial charge in [-0.2, -0.15) is 0 Å². The number of hydrazine groups is 1. The number of hydrogen-bond donors (Lipinski definition) is 1. The highest BCUT2D eigenvalue weighted by Gasteiger charge is 2.42. The largest absolute Gasteiger partial charge is 0.377 e. The van der Waals surface area contributed by atoms with Gasteiger partial charge in [0.2, 0.25) is 0 Å². The van der Waals surface area contributed by atoms with Gasteiger partial charge in [0.1, 0.15) is 6.10 Å². The number of hydrogen-bond acceptors (Lipinski definition) is 4. The van der Waals surface area contributed by atoms with Crippen molar-refractivity contribution in [2.45, 2.75) is 50.9 Å². The highest BCUT2D eigenvalue weighted by molar-refractivity contribution is 4.96. The topological polar surface area (TPSA) is 33.7 Å². The van der Waals surface area contributed by atoms with Crippen LogP contribution in [0.3, 0.4) is 0 Å². The summed E-state index contributed by atoms with van der Waals surface area (Å²) < 4.78 is 11.1. The Labute approximate surface area is 98.2 Å². The molecule has 1 saturated heterocycles. The van der Waals surface area contributed by atoms with Gasteiger partial charge in [0.05, 0.1) is 12.1 Å². The van der Waals surface area contributed by atoms with Gasteiger partial charge in [-0.1, -0.05) is 6.42 Å². The zero-order valence-electron chi connectivity index (χ0n) is 10.4. The van der Waals surface area contributed by atoms with E-state index >= 15 is 0 Å². The third kappa shape index (κ3) is 2.74. The van der Waals surface area contributed by atoms with E-state index in [0.29, 0.717) is 6.04 Å². The molecule has 2 aliphatic rings. The Balaban J connectivity index is 1.73. The molecule has 3 unspecified atom stereocenters. The molecule has 94 valence electrons. The average Bonchev–Trinajstić information content (AvgIpc) is 2.29. The van der Waals surface area contributed by atoms with E-state index in [-0.39, 0.29) is 12.2 Å². The smallest absolute Gasteiger partial charge is 0.100 e. The molecule has 0 aromatic heterocycles. The molecular weight excluding hydrogens is 204 g/mol. The number of piperidine rings is 1. The summed E-state index contributed by atoms with van der Waals surface area (Å²) in [5.41, 5.74) is 3.57. The van der Waals surface area contributed by atoms with Crippen LogP contribution >= 0.6 is 0 Å². The van der Waals surface area contributed by atoms with Crippen LogP contribution in [-0.4, -0.2) is 50.1 Å². The van der Waals surface area contributed by atoms with Gasteiger partial charge in [0.15, 0.2) is 0 Å². The monoisotopic (exact) mass is 228 g/mol. The van der Waals surface area contributed by atoms with Crippen LogP contribution in [0.15, 0.2) is 0 Å². The summed E-state index contributed by atoms with van der Waals surface area (Å²) >= 11 is 0. The van der Waals surface area contributed by atoms with Crippen molar-refractivity contribution in [2.75, 3.05) is 26.8 Å². The summed E-state index contributed by atoms with van der Waals surface area (Å²) in [6.07, 6.45) is 5.58. The summed E-state index contributed by atoms with van der Waals surface area (Å²) in [5.74, 6) is 0. The van der Waals surface area contributed by atoms with Crippen LogP contribution in [0.5, 0.6) is 0 Å². The molecule has 4 heteroatoms. The summed E-state index contributed by atoms with van der Waals surface area (Å²) in [6.45, 7) is 5.16. The fourth-order valence-corrected chi connectivity index (χ4v) is 2.66. The molecule has 1 aliphatic heterocycles. The minimum atomic E-state index is 0.224. The Hall–Kier alpha value is -0.160. The molecule has 0 spiro atoms. The van der Waals surface area contributed by atoms with Crippen molar-refractivity contribution >= 4 is 0 Å². The molecule has 1 saturated carbocycles. The van der Waals surface area contributed by atoms with Gasteiger partial charge in [0.25, 0.3) is 0 Å². The molecular formula is C12H24N2O2. The van der Waals surface area contributed by atoms with Gasteiger partial charge in [-0.15, -0.1) is 0 Å². The number of nitrogens with one attached hydrogen (secondary N) is 1. The van der Waals surface area contributed by atoms with Crippen LogP contribution in [-0.2, 0) is 9.47 Å². The minimum Gasteiger partial charge on any atom is -0.377 e. The van der Waals surface area contributed by atoms with Crippen LogP contribution < -0.4 is 5.43 Å². The van der Waals surface area contributed by atoms with Crippen molar-refractivity contribution in [1.29, 1.82) is 0 Å². The Morgan fingerprint density at radius 1 is 1.25 bits per heavy atom. The number of ether oxygens (including phenoxy) is 2. The second-order valence-corrected chi connectivity index (χ2v) is 4.71. The van der Waals surface area contributed by atoms with Gasteiger partial charge < -0.3 is 9.47 Å². The van der Waals surface area contributed by atoms with Crippen molar-refractivity contribution in [3.8, 4) is 0 Å². The third-order valence-electron chi connectivity index (χ3n) is 3.61. The van der Waals surface area contributed by atoms with Crippen molar-refractivity contribution in [3.63, 3.8) is 0 Å². The molecule has 0 amide bonds. The van der Waals surface area contributed by atoms with Crippen LogP contribution in [0.2, 0.25) is 0 Å². The highest BCUT2D eigenvalue weighted by Crippen LogP contribution is 2.27. The molecule has 0 bridgehead atoms. The molecule has 4 nitrogen and oxygen atoms in total. The van der Waals surface area contributed by atoms with E-state index in [2.05, 4.69) is 10.4 Å². The predicted molar refractivity (Wildman–Crippen MR) is 63.2 cm³/mol. The lowest BCUT2D eigenvalue weighted by Gasteiger charge is -2.46. The average molecular weight is 228 g/mol. The Morgan fingerprint density at radius 2 is 2.00 bits per heavy atom. The quantitative estimate of drug-likeness (QED) is 0.766. The molecule has 0 radical (unpaired) electrons. The van der Waals surface area contributed by atoms with Gasteiger partial charge in [-0.3, -0.25) is 0 Å². The van der Waals surface area contributed by atoms with E-state index in [0.717, 1.165) is 13.0 Å². The lowest BCUT2D eigenvalue weighted by atomic mass is 9.85. The van der Waals surface area contributed by atoms with Crippen molar-refractivity contribution < 1.29 is 9.47 Å². The number of nitrogens with zero attached hydrogens (tertiary/aromatic N) is 1. The maximum atomic E-state index is 5.62. The molecule has 1 N–H and O–H groups in total. The molecule has 0 aromatic carbocycles. The lowest BCUT2D eigenvalue weighted by Crippen LogP contribution is -2.63. The summed E-state index contributed by atoms with van der Waals surface area (Å²) in [6, 6.07) is 0.444. The van der Waals surface area contributed by atoms with E-state index in [1.165, 1.54) is 32.4 Å². The van der Waals surface area contributed by atoms with Crippen LogP contribution in [0.4, 0.5) is 0 Å². The summed E-state index contributed by atoms with van der Waals surface area (Å²) in [7, 11) is 1.78. The van der Waals surface area contributed by atoms with E-state index in [9.17, 15) is 0 Å². The van der Waals surface area contributed by atoms with Crippen LogP contribution in [0, 0.1) is 0 Å². The first-order valence-electron chi connectivity index (χ1n) is 6.50. The highest BCUT2D eigenvalue weighted by atomic mass is 16.5. The summed E-state index contributed by atoms with van der Waals surface area (Å²) in [4.78, 5) is 0. The molecule has 3 atom stereocenters. The molecule has 16 heavy (non-hydrogen) atoms. The first-order chi connectivity index (χ1) is 7.85. The van der Waals surface area contributed by atoms with Crippen LogP contribution in [0.25, 0.3) is 0 Å². The molecule has 1 aliphatic carbocycles. The van der Waals surface area contributed by atoms with Crippen molar-refractivity contribution in [3.05, 3.63) is 0 Å². The Morgan fingerprint density at radius 3 is 2.62 bits per heavy atom. The number of rotatable bonds is 5. The molecule has 2 rings (SSSR count). The fraction of sp³-hybridized carbons (Fsp3) is 1.00. The molecule has 0 aromatic rings. The lowest BCUT2D eigenvalue weighted by molar-refractivity contribution is -0.145. The Kier molecular flexibility index (Phi) is 4.58. The summed E-state index contributed by atoms with van der Waals surface area (Å²) in [5, 5.41) is 2.35. The minimum absolute atomic E-state index is 0.224. The zero-order chi connectivity index (χ0) is 11.4. The maximum absolute atomic E-state index is 5.62. The first kappa shape index (κ1) is 12.3. The standard InChI is InChI=1S/C12H24N2O2/c1-3-16-11-9-10(12(11)15-2)13-14-7-5-4-6-8-14/h10-13H,3-9H2,1-2H3. The Bertz CT molecular complexity index is 207. The second-order valence-electron chi connectivity index (χ2n) is 4.71.